The Morgan fingerprint density at radius 3 is 2.48 bits per heavy atom. The summed E-state index contributed by atoms with van der Waals surface area (Å²) in [6.45, 7) is -0.427. The second-order valence-electron chi connectivity index (χ2n) is 4.47. The van der Waals surface area contributed by atoms with E-state index >= 15 is 0 Å². The molecule has 120 valence electrons. The van der Waals surface area contributed by atoms with E-state index in [9.17, 15) is 9.59 Å². The summed E-state index contributed by atoms with van der Waals surface area (Å²) >= 11 is 15.0. The maximum atomic E-state index is 12.1. The molecule has 23 heavy (non-hydrogen) atoms. The highest BCUT2D eigenvalue weighted by atomic mass is 79.9. The lowest BCUT2D eigenvalue weighted by atomic mass is 10.1. The number of ether oxygens (including phenoxy) is 2. The van der Waals surface area contributed by atoms with E-state index in [4.69, 9.17) is 32.7 Å². The van der Waals surface area contributed by atoms with Crippen molar-refractivity contribution in [3.05, 3.63) is 62.0 Å². The van der Waals surface area contributed by atoms with Crippen LogP contribution in [-0.2, 0) is 4.74 Å². The minimum Gasteiger partial charge on any atom is -0.497 e. The van der Waals surface area contributed by atoms with Crippen molar-refractivity contribution in [2.75, 3.05) is 13.7 Å². The van der Waals surface area contributed by atoms with E-state index in [-0.39, 0.29) is 16.1 Å². The number of hydrogen-bond acceptors (Lipinski definition) is 4. The molecular weight excluding hydrogens is 407 g/mol. The van der Waals surface area contributed by atoms with E-state index in [1.165, 1.54) is 25.3 Å². The van der Waals surface area contributed by atoms with Gasteiger partial charge in [-0.15, -0.1) is 0 Å². The Hall–Kier alpha value is -1.56. The number of Topliss-reactive ketones (excluding diaryl/α,β-unsaturated/α-hetero) is 1. The van der Waals surface area contributed by atoms with Gasteiger partial charge in [0.1, 0.15) is 5.75 Å². The molecule has 0 atom stereocenters. The smallest absolute Gasteiger partial charge is 0.339 e. The Morgan fingerprint density at radius 1 is 1.09 bits per heavy atom. The zero-order chi connectivity index (χ0) is 17.0. The Kier molecular flexibility index (Phi) is 6.04. The van der Waals surface area contributed by atoms with Crippen molar-refractivity contribution < 1.29 is 19.1 Å². The standard InChI is InChI=1S/C16H11BrCl2O4/c1-22-10-3-5-13(17)12(7-10)16(21)23-8-15(20)11-4-2-9(18)6-14(11)19/h2-7H,8H2,1H3. The molecule has 0 aliphatic heterocycles. The van der Waals surface area contributed by atoms with Crippen LogP contribution in [0.1, 0.15) is 20.7 Å². The van der Waals surface area contributed by atoms with E-state index in [0.29, 0.717) is 15.2 Å². The Bertz CT molecular complexity index is 762. The number of esters is 1. The Labute approximate surface area is 151 Å². The average molecular weight is 418 g/mol. The molecule has 7 heteroatoms. The predicted molar refractivity (Wildman–Crippen MR) is 91.8 cm³/mol. The van der Waals surface area contributed by atoms with Crippen LogP contribution >= 0.6 is 39.1 Å². The minimum absolute atomic E-state index is 0.209. The summed E-state index contributed by atoms with van der Waals surface area (Å²) in [5.41, 5.74) is 0.507. The van der Waals surface area contributed by atoms with Gasteiger partial charge < -0.3 is 9.47 Å². The summed E-state index contributed by atoms with van der Waals surface area (Å²) in [5.74, 6) is -0.555. The fraction of sp³-hybridized carbons (Fsp3) is 0.125. The highest BCUT2D eigenvalue weighted by molar-refractivity contribution is 9.10. The summed E-state index contributed by atoms with van der Waals surface area (Å²) in [4.78, 5) is 24.2. The zero-order valence-corrected chi connectivity index (χ0v) is 15.0. The third kappa shape index (κ3) is 4.47. The second kappa shape index (κ2) is 7.81. The molecule has 0 amide bonds. The molecule has 2 aromatic carbocycles. The van der Waals surface area contributed by atoms with E-state index in [2.05, 4.69) is 15.9 Å². The summed E-state index contributed by atoms with van der Waals surface area (Å²) in [6.07, 6.45) is 0. The van der Waals surface area contributed by atoms with Crippen LogP contribution in [0.5, 0.6) is 5.75 Å². The number of carbonyl (C=O) groups excluding carboxylic acids is 2. The van der Waals surface area contributed by atoms with Crippen LogP contribution < -0.4 is 4.74 Å². The van der Waals surface area contributed by atoms with Crippen molar-refractivity contribution in [3.63, 3.8) is 0 Å². The third-order valence-corrected chi connectivity index (χ3v) is 4.20. The molecule has 0 radical (unpaired) electrons. The van der Waals surface area contributed by atoms with Gasteiger partial charge in [0.15, 0.2) is 6.61 Å². The molecule has 0 saturated heterocycles. The van der Waals surface area contributed by atoms with Crippen LogP contribution in [0.2, 0.25) is 10.0 Å². The van der Waals surface area contributed by atoms with Crippen molar-refractivity contribution in [1.82, 2.24) is 0 Å². The molecule has 0 aliphatic carbocycles. The first kappa shape index (κ1) is 17.8. The number of halogens is 3. The molecule has 0 saturated carbocycles. The number of methoxy groups -OCH3 is 1. The number of ketones is 1. The number of carbonyl (C=O) groups is 2. The van der Waals surface area contributed by atoms with Gasteiger partial charge in [0.25, 0.3) is 0 Å². The third-order valence-electron chi connectivity index (χ3n) is 2.96. The Morgan fingerprint density at radius 2 is 1.83 bits per heavy atom. The lowest BCUT2D eigenvalue weighted by Crippen LogP contribution is -2.15. The number of rotatable bonds is 5. The molecule has 0 spiro atoms. The van der Waals surface area contributed by atoms with Crippen LogP contribution in [-0.4, -0.2) is 25.5 Å². The van der Waals surface area contributed by atoms with Crippen LogP contribution in [0.3, 0.4) is 0 Å². The second-order valence-corrected chi connectivity index (χ2v) is 6.17. The van der Waals surface area contributed by atoms with Crippen molar-refractivity contribution in [3.8, 4) is 5.75 Å². The molecular formula is C16H11BrCl2O4. The predicted octanol–water partition coefficient (Wildman–Crippen LogP) is 4.80. The largest absolute Gasteiger partial charge is 0.497 e. The van der Waals surface area contributed by atoms with Gasteiger partial charge in [0.05, 0.1) is 17.7 Å². The summed E-state index contributed by atoms with van der Waals surface area (Å²) in [6, 6.07) is 9.36. The lowest BCUT2D eigenvalue weighted by molar-refractivity contribution is 0.0473. The van der Waals surface area contributed by atoms with Crippen LogP contribution in [0.25, 0.3) is 0 Å². The highest BCUT2D eigenvalue weighted by Crippen LogP contribution is 2.24. The highest BCUT2D eigenvalue weighted by Gasteiger charge is 2.17. The topological polar surface area (TPSA) is 52.6 Å². The van der Waals surface area contributed by atoms with Crippen molar-refractivity contribution in [1.29, 1.82) is 0 Å². The first-order valence-corrected chi connectivity index (χ1v) is 7.96. The van der Waals surface area contributed by atoms with Gasteiger partial charge >= 0.3 is 5.97 Å². The molecule has 2 rings (SSSR count). The van der Waals surface area contributed by atoms with E-state index in [1.807, 2.05) is 0 Å². The molecule has 0 unspecified atom stereocenters. The van der Waals surface area contributed by atoms with Gasteiger partial charge in [-0.25, -0.2) is 4.79 Å². The minimum atomic E-state index is -0.644. The molecule has 2 aromatic rings. The van der Waals surface area contributed by atoms with Gasteiger partial charge in [0, 0.05) is 15.1 Å². The fourth-order valence-corrected chi connectivity index (χ4v) is 2.71. The molecule has 0 N–H and O–H groups in total. The first-order valence-electron chi connectivity index (χ1n) is 6.41. The Balaban J connectivity index is 2.08. The molecule has 0 bridgehead atoms. The van der Waals surface area contributed by atoms with E-state index in [1.54, 1.807) is 18.2 Å². The lowest BCUT2D eigenvalue weighted by Gasteiger charge is -2.08. The van der Waals surface area contributed by atoms with Gasteiger partial charge in [-0.05, 0) is 52.3 Å². The van der Waals surface area contributed by atoms with Crippen molar-refractivity contribution in [2.24, 2.45) is 0 Å². The molecule has 0 aromatic heterocycles. The monoisotopic (exact) mass is 416 g/mol. The number of hydrogen-bond donors (Lipinski definition) is 0. The SMILES string of the molecule is COc1ccc(Br)c(C(=O)OCC(=O)c2ccc(Cl)cc2Cl)c1. The summed E-state index contributed by atoms with van der Waals surface area (Å²) in [7, 11) is 1.49. The summed E-state index contributed by atoms with van der Waals surface area (Å²) < 4.78 is 10.6. The quantitative estimate of drug-likeness (QED) is 0.517. The first-order chi connectivity index (χ1) is 10.9. The van der Waals surface area contributed by atoms with Gasteiger partial charge in [-0.1, -0.05) is 23.2 Å². The number of benzene rings is 2. The van der Waals surface area contributed by atoms with Crippen molar-refractivity contribution >= 4 is 50.9 Å². The van der Waals surface area contributed by atoms with Gasteiger partial charge in [-0.3, -0.25) is 4.79 Å². The van der Waals surface area contributed by atoms with E-state index in [0.717, 1.165) is 0 Å². The maximum Gasteiger partial charge on any atom is 0.339 e. The maximum absolute atomic E-state index is 12.1. The summed E-state index contributed by atoms with van der Waals surface area (Å²) in [5, 5.41) is 0.630. The average Bonchev–Trinajstić information content (AvgIpc) is 2.52. The van der Waals surface area contributed by atoms with Crippen molar-refractivity contribution in [2.45, 2.75) is 0 Å². The normalized spacial score (nSPS) is 10.3. The fourth-order valence-electron chi connectivity index (χ4n) is 1.79. The molecule has 0 heterocycles. The molecule has 4 nitrogen and oxygen atoms in total. The van der Waals surface area contributed by atoms with Gasteiger partial charge in [-0.2, -0.15) is 0 Å². The van der Waals surface area contributed by atoms with Crippen LogP contribution in [0.15, 0.2) is 40.9 Å². The van der Waals surface area contributed by atoms with Crippen LogP contribution in [0, 0.1) is 0 Å². The van der Waals surface area contributed by atoms with Gasteiger partial charge in [0.2, 0.25) is 5.78 Å². The molecule has 0 fully saturated rings. The zero-order valence-electron chi connectivity index (χ0n) is 11.9. The van der Waals surface area contributed by atoms with E-state index < -0.39 is 18.4 Å². The van der Waals surface area contributed by atoms with Crippen LogP contribution in [0.4, 0.5) is 0 Å². The molecule has 0 aliphatic rings.